The van der Waals surface area contributed by atoms with Gasteiger partial charge in [0.15, 0.2) is 5.82 Å². The first-order chi connectivity index (χ1) is 16.7. The van der Waals surface area contributed by atoms with Gasteiger partial charge in [-0.1, -0.05) is 41.9 Å². The molecule has 2 atom stereocenters. The van der Waals surface area contributed by atoms with Crippen LogP contribution in [0.5, 0.6) is 0 Å². The van der Waals surface area contributed by atoms with Crippen molar-refractivity contribution in [2.75, 3.05) is 23.2 Å². The molecule has 0 radical (unpaired) electrons. The molecule has 8 nitrogen and oxygen atoms in total. The predicted molar refractivity (Wildman–Crippen MR) is 136 cm³/mol. The van der Waals surface area contributed by atoms with E-state index in [4.69, 9.17) is 21.5 Å². The Morgan fingerprint density at radius 1 is 1.34 bits per heavy atom. The molecule has 1 aliphatic heterocycles. The normalized spacial score (nSPS) is 17.9. The maximum atomic E-state index is 14.9. The zero-order valence-corrected chi connectivity index (χ0v) is 21.5. The van der Waals surface area contributed by atoms with Gasteiger partial charge in [0, 0.05) is 43.7 Å². The predicted octanol–water partition coefficient (Wildman–Crippen LogP) is 4.54. The lowest BCUT2D eigenvalue weighted by Crippen LogP contribution is -2.35. The van der Waals surface area contributed by atoms with Crippen LogP contribution in [0, 0.1) is 5.82 Å². The summed E-state index contributed by atoms with van der Waals surface area (Å²) in [5.41, 5.74) is 3.20. The highest BCUT2D eigenvalue weighted by molar-refractivity contribution is 7.92. The molecule has 35 heavy (non-hydrogen) atoms. The van der Waals surface area contributed by atoms with Crippen molar-refractivity contribution in [2.24, 2.45) is 0 Å². The number of hydrogen-bond donors (Lipinski definition) is 2. The number of nitrogens with zero attached hydrogens (tertiary/aromatic N) is 3. The van der Waals surface area contributed by atoms with Gasteiger partial charge >= 0.3 is 0 Å². The Balaban J connectivity index is 0.00000108. The first-order valence-electron chi connectivity index (χ1n) is 10.6. The van der Waals surface area contributed by atoms with Crippen molar-refractivity contribution in [3.63, 3.8) is 0 Å². The van der Waals surface area contributed by atoms with E-state index >= 15 is 0 Å². The summed E-state index contributed by atoms with van der Waals surface area (Å²) in [4.78, 5) is 16.1. The second-order valence-electron chi connectivity index (χ2n) is 8.08. The van der Waals surface area contributed by atoms with Crippen molar-refractivity contribution < 1.29 is 22.7 Å². The first-order valence-corrected chi connectivity index (χ1v) is 13.4. The largest absolute Gasteiger partial charge is 0.483 e. The number of likely N-dealkylation sites (tertiary alicyclic amines) is 1. The molecule has 0 saturated carbocycles. The maximum Gasteiger partial charge on any atom is 0.290 e. The van der Waals surface area contributed by atoms with E-state index in [1.54, 1.807) is 0 Å². The van der Waals surface area contributed by atoms with Crippen LogP contribution in [0.1, 0.15) is 18.9 Å². The van der Waals surface area contributed by atoms with Gasteiger partial charge in [-0.25, -0.2) is 17.8 Å². The molecular formula is C23H26ClFN4O4S2. The molecule has 4 rings (SSSR count). The highest BCUT2D eigenvalue weighted by Crippen LogP contribution is 2.34. The molecule has 3 aromatic rings. The molecule has 1 saturated heterocycles. The minimum absolute atomic E-state index is 0.126. The Hall–Kier alpha value is -2.73. The van der Waals surface area contributed by atoms with Crippen LogP contribution in [0.2, 0.25) is 5.02 Å². The van der Waals surface area contributed by atoms with E-state index in [9.17, 15) is 12.8 Å². The molecule has 2 heterocycles. The SMILES string of the molecule is C[C@H]1C[C@H](N(C)c2cc(F)c(S(=O)(=O)Nc3cscn3)cc2Cl)CN1Cc1ccccc1.O=CO. The van der Waals surface area contributed by atoms with Gasteiger partial charge in [-0.2, -0.15) is 0 Å². The fourth-order valence-corrected chi connectivity index (χ4v) is 6.04. The second kappa shape index (κ2) is 11.8. The summed E-state index contributed by atoms with van der Waals surface area (Å²) in [6.07, 6.45) is 0.896. The lowest BCUT2D eigenvalue weighted by atomic mass is 10.1. The van der Waals surface area contributed by atoms with E-state index in [-0.39, 0.29) is 23.4 Å². The van der Waals surface area contributed by atoms with Crippen LogP contribution < -0.4 is 9.62 Å². The molecule has 1 aliphatic rings. The van der Waals surface area contributed by atoms with Crippen molar-refractivity contribution in [1.82, 2.24) is 9.88 Å². The first kappa shape index (κ1) is 26.9. The minimum atomic E-state index is -4.14. The molecule has 2 aromatic carbocycles. The number of carboxylic acid groups (broad SMARTS) is 1. The van der Waals surface area contributed by atoms with Crippen LogP contribution in [0.15, 0.2) is 58.3 Å². The van der Waals surface area contributed by atoms with Gasteiger partial charge in [0.05, 0.1) is 16.2 Å². The van der Waals surface area contributed by atoms with Gasteiger partial charge in [0.25, 0.3) is 16.5 Å². The van der Waals surface area contributed by atoms with Crippen molar-refractivity contribution in [1.29, 1.82) is 0 Å². The number of anilines is 2. The number of likely N-dealkylation sites (N-methyl/N-ethyl adjacent to an activating group) is 1. The third-order valence-electron chi connectivity index (χ3n) is 5.80. The van der Waals surface area contributed by atoms with Crippen molar-refractivity contribution in [2.45, 2.75) is 36.9 Å². The van der Waals surface area contributed by atoms with Crippen LogP contribution in [0.3, 0.4) is 0 Å². The van der Waals surface area contributed by atoms with Gasteiger partial charge in [-0.05, 0) is 25.0 Å². The fraction of sp³-hybridized carbons (Fsp3) is 0.304. The monoisotopic (exact) mass is 540 g/mol. The maximum absolute atomic E-state index is 14.9. The van der Waals surface area contributed by atoms with Gasteiger partial charge in [-0.3, -0.25) is 14.4 Å². The Morgan fingerprint density at radius 2 is 2.03 bits per heavy atom. The average Bonchev–Trinajstić information content (AvgIpc) is 3.45. The molecular weight excluding hydrogens is 515 g/mol. The van der Waals surface area contributed by atoms with Crippen LogP contribution in [0.25, 0.3) is 0 Å². The Bertz CT molecular complexity index is 1230. The Kier molecular flexibility index (Phi) is 9.06. The van der Waals surface area contributed by atoms with E-state index in [0.29, 0.717) is 11.7 Å². The van der Waals surface area contributed by atoms with E-state index in [0.717, 1.165) is 25.6 Å². The lowest BCUT2D eigenvalue weighted by molar-refractivity contribution is -0.122. The van der Waals surface area contributed by atoms with Crippen LogP contribution in [-0.2, 0) is 21.4 Å². The summed E-state index contributed by atoms with van der Waals surface area (Å²) in [5.74, 6) is -0.712. The molecule has 0 amide bonds. The molecule has 1 aromatic heterocycles. The van der Waals surface area contributed by atoms with Gasteiger partial charge in [-0.15, -0.1) is 11.3 Å². The number of aromatic nitrogens is 1. The number of sulfonamides is 1. The summed E-state index contributed by atoms with van der Waals surface area (Å²) in [7, 11) is -2.28. The molecule has 0 unspecified atom stereocenters. The Morgan fingerprint density at radius 3 is 2.66 bits per heavy atom. The van der Waals surface area contributed by atoms with Crippen LogP contribution >= 0.6 is 22.9 Å². The number of carbonyl (C=O) groups is 1. The summed E-state index contributed by atoms with van der Waals surface area (Å²) < 4.78 is 42.4. The number of nitrogens with one attached hydrogen (secondary N) is 1. The van der Waals surface area contributed by atoms with Crippen LogP contribution in [0.4, 0.5) is 15.9 Å². The molecule has 2 N–H and O–H groups in total. The van der Waals surface area contributed by atoms with Crippen molar-refractivity contribution >= 4 is 50.9 Å². The molecule has 188 valence electrons. The number of benzene rings is 2. The van der Waals surface area contributed by atoms with Gasteiger partial charge in [0.2, 0.25) is 0 Å². The summed E-state index contributed by atoms with van der Waals surface area (Å²) in [6, 6.07) is 13.1. The van der Waals surface area contributed by atoms with E-state index < -0.39 is 20.7 Å². The third kappa shape index (κ3) is 6.69. The Labute approximate surface area is 213 Å². The highest BCUT2D eigenvalue weighted by Gasteiger charge is 2.33. The molecule has 12 heteroatoms. The van der Waals surface area contributed by atoms with Gasteiger partial charge in [0.1, 0.15) is 10.7 Å². The fourth-order valence-electron chi connectivity index (χ4n) is 4.03. The molecule has 1 fully saturated rings. The van der Waals surface area contributed by atoms with E-state index in [2.05, 4.69) is 33.7 Å². The zero-order chi connectivity index (χ0) is 25.6. The summed E-state index contributed by atoms with van der Waals surface area (Å²) >= 11 is 7.67. The number of thiazole rings is 1. The quantitative estimate of drug-likeness (QED) is 0.424. The van der Waals surface area contributed by atoms with E-state index in [1.807, 2.05) is 30.1 Å². The lowest BCUT2D eigenvalue weighted by Gasteiger charge is -2.28. The minimum Gasteiger partial charge on any atom is -0.483 e. The molecule has 0 bridgehead atoms. The number of hydrogen-bond acceptors (Lipinski definition) is 7. The molecule has 0 aliphatic carbocycles. The smallest absolute Gasteiger partial charge is 0.290 e. The summed E-state index contributed by atoms with van der Waals surface area (Å²) in [5, 5.41) is 8.60. The average molecular weight is 541 g/mol. The second-order valence-corrected chi connectivity index (χ2v) is 10.9. The summed E-state index contributed by atoms with van der Waals surface area (Å²) in [6.45, 7) is 3.57. The number of rotatable bonds is 7. The van der Waals surface area contributed by atoms with Crippen LogP contribution in [-0.4, -0.2) is 55.6 Å². The molecule has 0 spiro atoms. The topological polar surface area (TPSA) is 103 Å². The van der Waals surface area contributed by atoms with Gasteiger partial charge < -0.3 is 10.0 Å². The highest BCUT2D eigenvalue weighted by atomic mass is 35.5. The number of halogens is 2. The van der Waals surface area contributed by atoms with Crippen molar-refractivity contribution in [3.8, 4) is 0 Å². The standard InChI is InChI=1S/C22H24ClFN4O2S2.CH2O2/c1-15-8-17(12-28(15)11-16-6-4-3-5-7-16)27(2)20-10-19(24)21(9-18(20)23)32(29,30)26-22-13-31-14-25-22;2-1-3/h3-7,9-10,13-15,17,26H,8,11-12H2,1-2H3;1H,(H,2,3)/t15-,17-;/m0./s1. The third-order valence-corrected chi connectivity index (χ3v) is 8.06. The van der Waals surface area contributed by atoms with E-state index in [1.165, 1.54) is 33.9 Å². The van der Waals surface area contributed by atoms with Crippen molar-refractivity contribution in [3.05, 3.63) is 69.8 Å². The zero-order valence-electron chi connectivity index (χ0n) is 19.1.